The lowest BCUT2D eigenvalue weighted by Crippen LogP contribution is -2.25. The van der Waals surface area contributed by atoms with Crippen LogP contribution >= 0.6 is 0 Å². The molecule has 0 bridgehead atoms. The number of H-pyrrole nitrogens is 1. The molecule has 1 heterocycles. The molecule has 0 saturated heterocycles. The summed E-state index contributed by atoms with van der Waals surface area (Å²) in [5.41, 5.74) is 9.51. The van der Waals surface area contributed by atoms with Crippen LogP contribution in [0.4, 0.5) is 5.69 Å². The van der Waals surface area contributed by atoms with Gasteiger partial charge in [-0.3, -0.25) is 9.89 Å². The highest BCUT2D eigenvalue weighted by Crippen LogP contribution is 2.23. The van der Waals surface area contributed by atoms with E-state index in [0.717, 1.165) is 35.6 Å². The van der Waals surface area contributed by atoms with Crippen LogP contribution in [0.25, 0.3) is 11.3 Å². The Hall–Kier alpha value is -2.18. The van der Waals surface area contributed by atoms with E-state index >= 15 is 0 Å². The van der Waals surface area contributed by atoms with Crippen molar-refractivity contribution in [3.8, 4) is 11.3 Å². The number of carbonyl (C=O) groups is 1. The second kappa shape index (κ2) is 7.01. The van der Waals surface area contributed by atoms with Gasteiger partial charge in [-0.15, -0.1) is 0 Å². The fourth-order valence-corrected chi connectivity index (χ4v) is 2.19. The number of aromatic amines is 1. The molecule has 0 unspecified atom stereocenters. The minimum atomic E-state index is -0.0756. The molecule has 6 nitrogen and oxygen atoms in total. The van der Waals surface area contributed by atoms with Crippen LogP contribution in [-0.2, 0) is 11.3 Å². The van der Waals surface area contributed by atoms with Crippen LogP contribution in [0.15, 0.2) is 30.5 Å². The van der Waals surface area contributed by atoms with Crippen LogP contribution in [0.3, 0.4) is 0 Å². The Morgan fingerprint density at radius 2 is 2.10 bits per heavy atom. The summed E-state index contributed by atoms with van der Waals surface area (Å²) in [5, 5.41) is 9.92. The molecule has 1 aromatic heterocycles. The van der Waals surface area contributed by atoms with Crippen molar-refractivity contribution in [1.82, 2.24) is 15.1 Å². The van der Waals surface area contributed by atoms with Crippen LogP contribution in [0.1, 0.15) is 12.5 Å². The van der Waals surface area contributed by atoms with E-state index in [2.05, 4.69) is 20.4 Å². The van der Waals surface area contributed by atoms with E-state index in [9.17, 15) is 4.79 Å². The Morgan fingerprint density at radius 1 is 1.38 bits per heavy atom. The molecule has 1 aromatic carbocycles. The van der Waals surface area contributed by atoms with Crippen molar-refractivity contribution in [2.24, 2.45) is 5.73 Å². The lowest BCUT2D eigenvalue weighted by molar-refractivity contribution is -0.114. The quantitative estimate of drug-likeness (QED) is 0.750. The van der Waals surface area contributed by atoms with E-state index in [0.29, 0.717) is 6.54 Å². The molecule has 0 aliphatic heterocycles. The second-order valence-electron chi connectivity index (χ2n) is 5.06. The number of benzene rings is 1. The number of hydrogen-bond donors (Lipinski definition) is 3. The van der Waals surface area contributed by atoms with Crippen LogP contribution in [0.2, 0.25) is 0 Å². The first kappa shape index (κ1) is 15.2. The lowest BCUT2D eigenvalue weighted by atomic mass is 10.1. The van der Waals surface area contributed by atoms with Gasteiger partial charge in [-0.25, -0.2) is 0 Å². The normalized spacial score (nSPS) is 10.9. The summed E-state index contributed by atoms with van der Waals surface area (Å²) in [7, 11) is 2.03. The summed E-state index contributed by atoms with van der Waals surface area (Å²) < 4.78 is 0. The number of likely N-dealkylation sites (N-methyl/N-ethyl adjacent to an activating group) is 1. The Bertz CT molecular complexity index is 590. The van der Waals surface area contributed by atoms with Gasteiger partial charge in [0.15, 0.2) is 0 Å². The van der Waals surface area contributed by atoms with Crippen LogP contribution in [0, 0.1) is 0 Å². The molecular formula is C15H21N5O. The maximum absolute atomic E-state index is 11.0. The molecule has 0 atom stereocenters. The SMILES string of the molecule is CC(=O)Nc1ccc(-c2[nH]ncc2CN(C)CCN)cc1. The topological polar surface area (TPSA) is 87.0 Å². The van der Waals surface area contributed by atoms with E-state index in [4.69, 9.17) is 5.73 Å². The Morgan fingerprint density at radius 3 is 2.71 bits per heavy atom. The molecule has 0 fully saturated rings. The van der Waals surface area contributed by atoms with Crippen molar-refractivity contribution in [1.29, 1.82) is 0 Å². The predicted molar refractivity (Wildman–Crippen MR) is 83.7 cm³/mol. The first-order valence-corrected chi connectivity index (χ1v) is 6.89. The van der Waals surface area contributed by atoms with E-state index in [1.807, 2.05) is 37.5 Å². The molecule has 0 radical (unpaired) electrons. The Balaban J connectivity index is 2.15. The third kappa shape index (κ3) is 4.14. The van der Waals surface area contributed by atoms with Gasteiger partial charge < -0.3 is 16.0 Å². The highest BCUT2D eigenvalue weighted by atomic mass is 16.1. The summed E-state index contributed by atoms with van der Waals surface area (Å²) in [5.74, 6) is -0.0756. The number of carbonyl (C=O) groups excluding carboxylic acids is 1. The fraction of sp³-hybridized carbons (Fsp3) is 0.333. The molecule has 2 aromatic rings. The van der Waals surface area contributed by atoms with Gasteiger partial charge in [0.25, 0.3) is 0 Å². The third-order valence-corrected chi connectivity index (χ3v) is 3.16. The number of anilines is 1. The molecule has 4 N–H and O–H groups in total. The summed E-state index contributed by atoms with van der Waals surface area (Å²) >= 11 is 0. The summed E-state index contributed by atoms with van der Waals surface area (Å²) in [6.07, 6.45) is 1.84. The smallest absolute Gasteiger partial charge is 0.221 e. The minimum absolute atomic E-state index is 0.0756. The van der Waals surface area contributed by atoms with Crippen LogP contribution in [0.5, 0.6) is 0 Å². The largest absolute Gasteiger partial charge is 0.329 e. The van der Waals surface area contributed by atoms with Gasteiger partial charge in [-0.2, -0.15) is 5.10 Å². The van der Waals surface area contributed by atoms with Gasteiger partial charge >= 0.3 is 0 Å². The summed E-state index contributed by atoms with van der Waals surface area (Å²) in [4.78, 5) is 13.2. The third-order valence-electron chi connectivity index (χ3n) is 3.16. The van der Waals surface area contributed by atoms with Gasteiger partial charge in [0.2, 0.25) is 5.91 Å². The van der Waals surface area contributed by atoms with Crippen molar-refractivity contribution in [2.75, 3.05) is 25.5 Å². The zero-order chi connectivity index (χ0) is 15.2. The van der Waals surface area contributed by atoms with Crippen LogP contribution in [-0.4, -0.2) is 41.1 Å². The van der Waals surface area contributed by atoms with Crippen molar-refractivity contribution < 1.29 is 4.79 Å². The maximum Gasteiger partial charge on any atom is 0.221 e. The lowest BCUT2D eigenvalue weighted by Gasteiger charge is -2.15. The highest BCUT2D eigenvalue weighted by molar-refractivity contribution is 5.88. The minimum Gasteiger partial charge on any atom is -0.329 e. The van der Waals surface area contributed by atoms with Gasteiger partial charge in [-0.1, -0.05) is 12.1 Å². The zero-order valence-corrected chi connectivity index (χ0v) is 12.4. The number of amides is 1. The number of nitrogens with one attached hydrogen (secondary N) is 2. The molecular weight excluding hydrogens is 266 g/mol. The molecule has 0 saturated carbocycles. The number of nitrogens with two attached hydrogens (primary N) is 1. The standard InChI is InChI=1S/C15H21N5O/c1-11(21)18-14-5-3-12(4-6-14)15-13(9-17-19-15)10-20(2)8-7-16/h3-6,9H,7-8,10,16H2,1-2H3,(H,17,19)(H,18,21). The first-order valence-electron chi connectivity index (χ1n) is 6.89. The number of rotatable bonds is 6. The number of hydrogen-bond acceptors (Lipinski definition) is 4. The summed E-state index contributed by atoms with van der Waals surface area (Å²) in [6, 6.07) is 7.69. The van der Waals surface area contributed by atoms with Crippen molar-refractivity contribution >= 4 is 11.6 Å². The molecule has 0 aliphatic rings. The van der Waals surface area contributed by atoms with E-state index in [-0.39, 0.29) is 5.91 Å². The molecule has 6 heteroatoms. The molecule has 2 rings (SSSR count). The molecule has 21 heavy (non-hydrogen) atoms. The molecule has 112 valence electrons. The second-order valence-corrected chi connectivity index (χ2v) is 5.06. The van der Waals surface area contributed by atoms with E-state index in [1.165, 1.54) is 6.92 Å². The zero-order valence-electron chi connectivity index (χ0n) is 12.4. The van der Waals surface area contributed by atoms with Gasteiger partial charge in [0.1, 0.15) is 0 Å². The number of nitrogens with zero attached hydrogens (tertiary/aromatic N) is 2. The van der Waals surface area contributed by atoms with Crippen LogP contribution < -0.4 is 11.1 Å². The van der Waals surface area contributed by atoms with Gasteiger partial charge in [0, 0.05) is 43.4 Å². The van der Waals surface area contributed by atoms with Crippen molar-refractivity contribution in [3.63, 3.8) is 0 Å². The first-order chi connectivity index (χ1) is 10.1. The van der Waals surface area contributed by atoms with E-state index in [1.54, 1.807) is 0 Å². The molecule has 1 amide bonds. The maximum atomic E-state index is 11.0. The summed E-state index contributed by atoms with van der Waals surface area (Å²) in [6.45, 7) is 3.76. The van der Waals surface area contributed by atoms with Crippen molar-refractivity contribution in [2.45, 2.75) is 13.5 Å². The van der Waals surface area contributed by atoms with E-state index < -0.39 is 0 Å². The van der Waals surface area contributed by atoms with Crippen molar-refractivity contribution in [3.05, 3.63) is 36.0 Å². The Kier molecular flexibility index (Phi) is 5.08. The number of aromatic nitrogens is 2. The molecule has 0 aliphatic carbocycles. The van der Waals surface area contributed by atoms with Gasteiger partial charge in [0.05, 0.1) is 11.9 Å². The Labute approximate surface area is 124 Å². The van der Waals surface area contributed by atoms with Gasteiger partial charge in [-0.05, 0) is 19.2 Å². The highest BCUT2D eigenvalue weighted by Gasteiger charge is 2.10. The monoisotopic (exact) mass is 287 g/mol. The molecule has 0 spiro atoms. The fourth-order valence-electron chi connectivity index (χ4n) is 2.19. The predicted octanol–water partition coefficient (Wildman–Crippen LogP) is 1.43. The average molecular weight is 287 g/mol. The average Bonchev–Trinajstić information content (AvgIpc) is 2.87.